The summed E-state index contributed by atoms with van der Waals surface area (Å²) in [7, 11) is 0. The van der Waals surface area contributed by atoms with E-state index in [0.29, 0.717) is 23.7 Å². The highest BCUT2D eigenvalue weighted by molar-refractivity contribution is 6.31. The summed E-state index contributed by atoms with van der Waals surface area (Å²) >= 11 is 6.02. The number of hydrogen-bond acceptors (Lipinski definition) is 3. The smallest absolute Gasteiger partial charge is 0.120 e. The van der Waals surface area contributed by atoms with Crippen LogP contribution in [-0.4, -0.2) is 21.4 Å². The van der Waals surface area contributed by atoms with Gasteiger partial charge in [-0.25, -0.2) is 0 Å². The number of hydrogen-bond donors (Lipinski definition) is 2. The van der Waals surface area contributed by atoms with Gasteiger partial charge in [0.25, 0.3) is 0 Å². The first kappa shape index (κ1) is 12.5. The van der Waals surface area contributed by atoms with Crippen LogP contribution >= 0.6 is 11.6 Å². The van der Waals surface area contributed by atoms with Crippen molar-refractivity contribution in [1.29, 1.82) is 0 Å². The lowest BCUT2D eigenvalue weighted by molar-refractivity contribution is 0.0271. The fraction of sp³-hybridized carbons (Fsp3) is 0.700. The van der Waals surface area contributed by atoms with Crippen molar-refractivity contribution in [3.05, 3.63) is 16.9 Å². The molecule has 0 bridgehead atoms. The Labute approximate surface area is 95.0 Å². The third-order valence-electron chi connectivity index (χ3n) is 2.54. The molecule has 1 unspecified atom stereocenters. The molecule has 0 saturated heterocycles. The van der Waals surface area contributed by atoms with Crippen LogP contribution < -0.4 is 5.73 Å². The standard InChI is InChI=1S/C10H18ClN3O/c1-3-5-10(15,7-12)9-8(11)6-13-14(9)4-2/h6,15H,3-5,7,12H2,1-2H3. The molecule has 86 valence electrons. The maximum Gasteiger partial charge on any atom is 0.120 e. The average molecular weight is 232 g/mol. The summed E-state index contributed by atoms with van der Waals surface area (Å²) in [5, 5.41) is 15.0. The number of rotatable bonds is 5. The van der Waals surface area contributed by atoms with Crippen LogP contribution in [0, 0.1) is 0 Å². The molecule has 0 aliphatic carbocycles. The van der Waals surface area contributed by atoms with Crippen molar-refractivity contribution >= 4 is 11.6 Å². The Balaban J connectivity index is 3.15. The van der Waals surface area contributed by atoms with Crippen LogP contribution in [0.15, 0.2) is 6.20 Å². The molecule has 3 N–H and O–H groups in total. The van der Waals surface area contributed by atoms with Crippen molar-refractivity contribution in [1.82, 2.24) is 9.78 Å². The summed E-state index contributed by atoms with van der Waals surface area (Å²) in [4.78, 5) is 0. The van der Waals surface area contributed by atoms with Gasteiger partial charge < -0.3 is 10.8 Å². The van der Waals surface area contributed by atoms with E-state index in [1.165, 1.54) is 0 Å². The Hall–Kier alpha value is -0.580. The largest absolute Gasteiger partial charge is 0.382 e. The van der Waals surface area contributed by atoms with Crippen LogP contribution in [0.25, 0.3) is 0 Å². The topological polar surface area (TPSA) is 64.1 Å². The molecule has 0 spiro atoms. The minimum absolute atomic E-state index is 0.159. The molecule has 1 aromatic rings. The van der Waals surface area contributed by atoms with Crippen LogP contribution in [0.3, 0.4) is 0 Å². The Morgan fingerprint density at radius 3 is 2.73 bits per heavy atom. The molecular formula is C10H18ClN3O. The minimum Gasteiger partial charge on any atom is -0.382 e. The van der Waals surface area contributed by atoms with E-state index in [2.05, 4.69) is 5.10 Å². The van der Waals surface area contributed by atoms with Crippen LogP contribution in [-0.2, 0) is 12.1 Å². The van der Waals surface area contributed by atoms with Gasteiger partial charge in [-0.15, -0.1) is 0 Å². The van der Waals surface area contributed by atoms with Crippen molar-refractivity contribution in [3.8, 4) is 0 Å². The van der Waals surface area contributed by atoms with E-state index in [0.717, 1.165) is 6.42 Å². The van der Waals surface area contributed by atoms with Crippen molar-refractivity contribution < 1.29 is 5.11 Å². The molecule has 0 amide bonds. The van der Waals surface area contributed by atoms with Gasteiger partial charge in [-0.05, 0) is 13.3 Å². The SMILES string of the molecule is CCCC(O)(CN)c1c(Cl)cnn1CC. The van der Waals surface area contributed by atoms with Gasteiger partial charge in [0.15, 0.2) is 0 Å². The van der Waals surface area contributed by atoms with Gasteiger partial charge in [-0.1, -0.05) is 24.9 Å². The maximum absolute atomic E-state index is 10.4. The normalized spacial score (nSPS) is 15.3. The monoisotopic (exact) mass is 231 g/mol. The second-order valence-electron chi connectivity index (χ2n) is 3.64. The van der Waals surface area contributed by atoms with Crippen molar-refractivity contribution in [2.45, 2.75) is 38.8 Å². The zero-order valence-corrected chi connectivity index (χ0v) is 9.96. The van der Waals surface area contributed by atoms with E-state index in [1.54, 1.807) is 10.9 Å². The minimum atomic E-state index is -1.06. The average Bonchev–Trinajstić information content (AvgIpc) is 2.60. The molecule has 15 heavy (non-hydrogen) atoms. The lowest BCUT2D eigenvalue weighted by atomic mass is 9.94. The van der Waals surface area contributed by atoms with E-state index in [4.69, 9.17) is 17.3 Å². The first-order valence-electron chi connectivity index (χ1n) is 5.23. The molecule has 1 atom stereocenters. The molecule has 1 heterocycles. The molecule has 1 aromatic heterocycles. The van der Waals surface area contributed by atoms with E-state index in [-0.39, 0.29) is 6.54 Å². The number of nitrogens with two attached hydrogens (primary N) is 1. The second kappa shape index (κ2) is 4.96. The van der Waals surface area contributed by atoms with Crippen LogP contribution in [0.4, 0.5) is 0 Å². The Morgan fingerprint density at radius 1 is 1.60 bits per heavy atom. The number of aromatic nitrogens is 2. The summed E-state index contributed by atoms with van der Waals surface area (Å²) < 4.78 is 1.70. The highest BCUT2D eigenvalue weighted by Gasteiger charge is 2.32. The van der Waals surface area contributed by atoms with Crippen molar-refractivity contribution in [2.24, 2.45) is 5.73 Å². The van der Waals surface area contributed by atoms with E-state index < -0.39 is 5.60 Å². The fourth-order valence-corrected chi connectivity index (χ4v) is 2.11. The Bertz CT molecular complexity index is 326. The highest BCUT2D eigenvalue weighted by Crippen LogP contribution is 2.31. The van der Waals surface area contributed by atoms with Gasteiger partial charge in [0.1, 0.15) is 5.60 Å². The molecule has 0 aliphatic heterocycles. The number of aryl methyl sites for hydroxylation is 1. The third kappa shape index (κ3) is 2.33. The predicted molar refractivity (Wildman–Crippen MR) is 60.8 cm³/mol. The van der Waals surface area contributed by atoms with E-state index in [1.807, 2.05) is 13.8 Å². The molecule has 4 nitrogen and oxygen atoms in total. The Kier molecular flexibility index (Phi) is 4.13. The lowest BCUT2D eigenvalue weighted by Gasteiger charge is -2.27. The van der Waals surface area contributed by atoms with Gasteiger partial charge in [0, 0.05) is 13.1 Å². The number of nitrogens with zero attached hydrogens (tertiary/aromatic N) is 2. The van der Waals surface area contributed by atoms with Gasteiger partial charge in [0.05, 0.1) is 16.9 Å². The first-order valence-corrected chi connectivity index (χ1v) is 5.61. The predicted octanol–water partition coefficient (Wildman–Crippen LogP) is 1.50. The molecule has 0 radical (unpaired) electrons. The molecule has 5 heteroatoms. The van der Waals surface area contributed by atoms with Gasteiger partial charge in [-0.3, -0.25) is 4.68 Å². The summed E-state index contributed by atoms with van der Waals surface area (Å²) in [6, 6.07) is 0. The first-order chi connectivity index (χ1) is 7.09. The molecule has 0 fully saturated rings. The van der Waals surface area contributed by atoms with Crippen molar-refractivity contribution in [2.75, 3.05) is 6.54 Å². The van der Waals surface area contributed by atoms with Crippen LogP contribution in [0.5, 0.6) is 0 Å². The Morgan fingerprint density at radius 2 is 2.27 bits per heavy atom. The highest BCUT2D eigenvalue weighted by atomic mass is 35.5. The summed E-state index contributed by atoms with van der Waals surface area (Å²) in [5.41, 5.74) is 5.21. The van der Waals surface area contributed by atoms with Crippen LogP contribution in [0.2, 0.25) is 5.02 Å². The summed E-state index contributed by atoms with van der Waals surface area (Å²) in [6.45, 7) is 4.79. The fourth-order valence-electron chi connectivity index (χ4n) is 1.80. The number of halogens is 1. The summed E-state index contributed by atoms with van der Waals surface area (Å²) in [5.74, 6) is 0. The van der Waals surface area contributed by atoms with Gasteiger partial charge >= 0.3 is 0 Å². The molecular weight excluding hydrogens is 214 g/mol. The van der Waals surface area contributed by atoms with Gasteiger partial charge in [-0.2, -0.15) is 5.10 Å². The quantitative estimate of drug-likeness (QED) is 0.807. The van der Waals surface area contributed by atoms with Gasteiger partial charge in [0.2, 0.25) is 0 Å². The van der Waals surface area contributed by atoms with Crippen LogP contribution in [0.1, 0.15) is 32.4 Å². The van der Waals surface area contributed by atoms with Crippen molar-refractivity contribution in [3.63, 3.8) is 0 Å². The van der Waals surface area contributed by atoms with E-state index in [9.17, 15) is 5.11 Å². The molecule has 0 aromatic carbocycles. The van der Waals surface area contributed by atoms with E-state index >= 15 is 0 Å². The lowest BCUT2D eigenvalue weighted by Crippen LogP contribution is -2.37. The third-order valence-corrected chi connectivity index (χ3v) is 2.81. The second-order valence-corrected chi connectivity index (χ2v) is 4.05. The maximum atomic E-state index is 10.4. The molecule has 1 rings (SSSR count). The zero-order chi connectivity index (χ0) is 11.5. The zero-order valence-electron chi connectivity index (χ0n) is 9.20. The molecule has 0 aliphatic rings. The molecule has 0 saturated carbocycles. The number of aliphatic hydroxyl groups is 1. The summed E-state index contributed by atoms with van der Waals surface area (Å²) in [6.07, 6.45) is 2.99.